The van der Waals surface area contributed by atoms with Crippen LogP contribution in [-0.2, 0) is 16.1 Å². The van der Waals surface area contributed by atoms with Crippen LogP contribution in [0.15, 0.2) is 18.2 Å². The highest BCUT2D eigenvalue weighted by atomic mass is 16.7. The minimum absolute atomic E-state index is 0.00919. The van der Waals surface area contributed by atoms with Crippen molar-refractivity contribution < 1.29 is 19.1 Å². The van der Waals surface area contributed by atoms with Gasteiger partial charge in [0.05, 0.1) is 11.8 Å². The largest absolute Gasteiger partial charge is 0.454 e. The van der Waals surface area contributed by atoms with Gasteiger partial charge in [0.25, 0.3) is 0 Å². The molecule has 118 valence electrons. The second-order valence-electron chi connectivity index (χ2n) is 5.65. The van der Waals surface area contributed by atoms with Crippen molar-refractivity contribution in [3.05, 3.63) is 23.8 Å². The van der Waals surface area contributed by atoms with Gasteiger partial charge < -0.3 is 20.1 Å². The lowest BCUT2D eigenvalue weighted by Gasteiger charge is -2.06. The first kappa shape index (κ1) is 14.7. The molecular weight excluding hydrogens is 284 g/mol. The number of benzene rings is 1. The van der Waals surface area contributed by atoms with Gasteiger partial charge in [-0.05, 0) is 30.5 Å². The van der Waals surface area contributed by atoms with Gasteiger partial charge >= 0.3 is 0 Å². The van der Waals surface area contributed by atoms with Gasteiger partial charge in [0.15, 0.2) is 11.5 Å². The normalized spacial score (nSPS) is 21.3. The van der Waals surface area contributed by atoms with Crippen LogP contribution < -0.4 is 20.1 Å². The maximum absolute atomic E-state index is 12.1. The van der Waals surface area contributed by atoms with Crippen LogP contribution in [0.25, 0.3) is 0 Å². The van der Waals surface area contributed by atoms with Crippen LogP contribution in [0, 0.1) is 11.8 Å². The number of carbonyl (C=O) groups is 2. The number of carbonyl (C=O) groups excluding carboxylic acids is 2. The Labute approximate surface area is 129 Å². The molecule has 0 aromatic heterocycles. The van der Waals surface area contributed by atoms with Gasteiger partial charge in [-0.25, -0.2) is 0 Å². The molecule has 6 heteroatoms. The molecular formula is C16H20N2O4. The number of ether oxygens (including phenoxy) is 2. The first-order chi connectivity index (χ1) is 10.7. The smallest absolute Gasteiger partial charge is 0.231 e. The fourth-order valence-corrected chi connectivity index (χ4v) is 2.53. The van der Waals surface area contributed by atoms with E-state index in [0.717, 1.165) is 17.7 Å². The van der Waals surface area contributed by atoms with E-state index in [1.807, 2.05) is 25.1 Å². The highest BCUT2D eigenvalue weighted by Crippen LogP contribution is 2.39. The SMILES string of the molecule is CCCNC(=O)C1CC1C(=O)NCc1ccc2c(c1)OCO2. The molecule has 1 saturated carbocycles. The van der Waals surface area contributed by atoms with Crippen molar-refractivity contribution in [3.63, 3.8) is 0 Å². The first-order valence-electron chi connectivity index (χ1n) is 7.63. The lowest BCUT2D eigenvalue weighted by atomic mass is 10.2. The summed E-state index contributed by atoms with van der Waals surface area (Å²) in [7, 11) is 0. The summed E-state index contributed by atoms with van der Waals surface area (Å²) in [6.07, 6.45) is 1.54. The minimum atomic E-state index is -0.189. The molecule has 22 heavy (non-hydrogen) atoms. The zero-order valence-corrected chi connectivity index (χ0v) is 12.6. The Morgan fingerprint density at radius 2 is 1.86 bits per heavy atom. The predicted molar refractivity (Wildman–Crippen MR) is 79.3 cm³/mol. The van der Waals surface area contributed by atoms with Crippen molar-refractivity contribution in [2.45, 2.75) is 26.3 Å². The Morgan fingerprint density at radius 3 is 2.64 bits per heavy atom. The van der Waals surface area contributed by atoms with E-state index < -0.39 is 0 Å². The van der Waals surface area contributed by atoms with Crippen molar-refractivity contribution in [1.29, 1.82) is 0 Å². The van der Waals surface area contributed by atoms with Crippen molar-refractivity contribution >= 4 is 11.8 Å². The number of rotatable bonds is 6. The van der Waals surface area contributed by atoms with Gasteiger partial charge in [-0.2, -0.15) is 0 Å². The van der Waals surface area contributed by atoms with Crippen LogP contribution in [0.5, 0.6) is 11.5 Å². The Bertz CT molecular complexity index is 588. The Balaban J connectivity index is 1.46. The van der Waals surface area contributed by atoms with Crippen LogP contribution >= 0.6 is 0 Å². The van der Waals surface area contributed by atoms with E-state index in [0.29, 0.717) is 25.3 Å². The van der Waals surface area contributed by atoms with Crippen LogP contribution in [0.1, 0.15) is 25.3 Å². The molecule has 0 bridgehead atoms. The van der Waals surface area contributed by atoms with E-state index in [9.17, 15) is 9.59 Å². The second kappa shape index (κ2) is 6.25. The molecule has 1 aliphatic heterocycles. The average molecular weight is 304 g/mol. The molecule has 1 aromatic rings. The summed E-state index contributed by atoms with van der Waals surface area (Å²) in [5.74, 6) is 1.01. The summed E-state index contributed by atoms with van der Waals surface area (Å²) in [4.78, 5) is 23.8. The van der Waals surface area contributed by atoms with Crippen molar-refractivity contribution in [2.24, 2.45) is 11.8 Å². The molecule has 2 atom stereocenters. The summed E-state index contributed by atoms with van der Waals surface area (Å²) in [6.45, 7) is 3.33. The predicted octanol–water partition coefficient (Wildman–Crippen LogP) is 1.19. The van der Waals surface area contributed by atoms with Crippen molar-refractivity contribution in [3.8, 4) is 11.5 Å². The second-order valence-corrected chi connectivity index (χ2v) is 5.65. The average Bonchev–Trinajstić information content (AvgIpc) is 3.20. The fraction of sp³-hybridized carbons (Fsp3) is 0.500. The topological polar surface area (TPSA) is 76.7 Å². The van der Waals surface area contributed by atoms with Gasteiger partial charge in [0.2, 0.25) is 18.6 Å². The maximum atomic E-state index is 12.1. The third-order valence-electron chi connectivity index (χ3n) is 3.92. The molecule has 0 radical (unpaired) electrons. The van der Waals surface area contributed by atoms with E-state index in [2.05, 4.69) is 10.6 Å². The lowest BCUT2D eigenvalue weighted by molar-refractivity contribution is -0.127. The van der Waals surface area contributed by atoms with E-state index >= 15 is 0 Å². The molecule has 1 heterocycles. The highest BCUT2D eigenvalue weighted by Gasteiger charge is 2.47. The monoisotopic (exact) mass is 304 g/mol. The standard InChI is InChI=1S/C16H20N2O4/c1-2-5-17-15(19)11-7-12(11)16(20)18-8-10-3-4-13-14(6-10)22-9-21-13/h3-4,6,11-12H,2,5,7-9H2,1H3,(H,17,19)(H,18,20). The summed E-state index contributed by atoms with van der Waals surface area (Å²) in [6, 6.07) is 5.59. The lowest BCUT2D eigenvalue weighted by Crippen LogP contribution is -2.30. The van der Waals surface area contributed by atoms with Gasteiger partial charge in [-0.15, -0.1) is 0 Å². The van der Waals surface area contributed by atoms with Gasteiger partial charge in [-0.3, -0.25) is 9.59 Å². The minimum Gasteiger partial charge on any atom is -0.454 e. The third kappa shape index (κ3) is 3.16. The van der Waals surface area contributed by atoms with Crippen LogP contribution in [0.3, 0.4) is 0 Å². The molecule has 2 amide bonds. The number of amides is 2. The summed E-state index contributed by atoms with van der Waals surface area (Å²) in [5.41, 5.74) is 0.949. The molecule has 2 unspecified atom stereocenters. The third-order valence-corrected chi connectivity index (χ3v) is 3.92. The van der Waals surface area contributed by atoms with Gasteiger partial charge in [0.1, 0.15) is 0 Å². The fourth-order valence-electron chi connectivity index (χ4n) is 2.53. The van der Waals surface area contributed by atoms with Crippen molar-refractivity contribution in [2.75, 3.05) is 13.3 Å². The maximum Gasteiger partial charge on any atom is 0.231 e. The molecule has 2 aliphatic rings. The molecule has 0 saturated heterocycles. The zero-order valence-electron chi connectivity index (χ0n) is 12.6. The highest BCUT2D eigenvalue weighted by molar-refractivity contribution is 5.92. The van der Waals surface area contributed by atoms with E-state index in [-0.39, 0.29) is 30.4 Å². The molecule has 6 nitrogen and oxygen atoms in total. The molecule has 1 aliphatic carbocycles. The number of fused-ring (bicyclic) bond motifs is 1. The molecule has 0 spiro atoms. The Kier molecular flexibility index (Phi) is 4.18. The summed E-state index contributed by atoms with van der Waals surface area (Å²) < 4.78 is 10.5. The van der Waals surface area contributed by atoms with Crippen LogP contribution in [0.2, 0.25) is 0 Å². The number of hydrogen-bond donors (Lipinski definition) is 2. The van der Waals surface area contributed by atoms with Gasteiger partial charge in [0, 0.05) is 13.1 Å². The van der Waals surface area contributed by atoms with Crippen LogP contribution in [-0.4, -0.2) is 25.2 Å². The number of nitrogens with one attached hydrogen (secondary N) is 2. The first-order valence-corrected chi connectivity index (χ1v) is 7.63. The van der Waals surface area contributed by atoms with Crippen molar-refractivity contribution in [1.82, 2.24) is 10.6 Å². The molecule has 3 rings (SSSR count). The van der Waals surface area contributed by atoms with E-state index in [1.165, 1.54) is 0 Å². The zero-order chi connectivity index (χ0) is 15.5. The summed E-state index contributed by atoms with van der Waals surface area (Å²) >= 11 is 0. The van der Waals surface area contributed by atoms with Gasteiger partial charge in [-0.1, -0.05) is 13.0 Å². The quantitative estimate of drug-likeness (QED) is 0.828. The van der Waals surface area contributed by atoms with Crippen LogP contribution in [0.4, 0.5) is 0 Å². The van der Waals surface area contributed by atoms with E-state index in [4.69, 9.17) is 9.47 Å². The Hall–Kier alpha value is -2.24. The Morgan fingerprint density at radius 1 is 1.14 bits per heavy atom. The number of hydrogen-bond acceptors (Lipinski definition) is 4. The molecule has 1 fully saturated rings. The molecule has 1 aromatic carbocycles. The van der Waals surface area contributed by atoms with E-state index in [1.54, 1.807) is 0 Å². The summed E-state index contributed by atoms with van der Waals surface area (Å²) in [5, 5.41) is 5.71. The molecule has 2 N–H and O–H groups in total.